The van der Waals surface area contributed by atoms with Gasteiger partial charge in [-0.05, 0) is 23.6 Å². The second-order valence-electron chi connectivity index (χ2n) is 4.13. The summed E-state index contributed by atoms with van der Waals surface area (Å²) in [5.41, 5.74) is 0.614. The van der Waals surface area contributed by atoms with Gasteiger partial charge in [-0.3, -0.25) is 0 Å². The van der Waals surface area contributed by atoms with Crippen molar-refractivity contribution in [3.63, 3.8) is 0 Å². The number of thiophene rings is 1. The van der Waals surface area contributed by atoms with E-state index in [9.17, 15) is 0 Å². The molecule has 0 aliphatic rings. The van der Waals surface area contributed by atoms with E-state index in [1.165, 1.54) is 0 Å². The third-order valence-corrected chi connectivity index (χ3v) is 4.23. The molecule has 0 bridgehead atoms. The number of fused-ring (bicyclic) bond motifs is 1. The summed E-state index contributed by atoms with van der Waals surface area (Å²) in [7, 11) is 3.19. The summed E-state index contributed by atoms with van der Waals surface area (Å²) in [6.07, 6.45) is 0. The average molecular weight is 304 g/mol. The van der Waals surface area contributed by atoms with E-state index in [4.69, 9.17) is 26.1 Å². The predicted molar refractivity (Wildman–Crippen MR) is 83.5 cm³/mol. The third kappa shape index (κ3) is 2.09. The zero-order chi connectivity index (χ0) is 14.1. The van der Waals surface area contributed by atoms with Crippen molar-refractivity contribution in [3.8, 4) is 22.1 Å². The molecule has 0 saturated carbocycles. The van der Waals surface area contributed by atoms with E-state index < -0.39 is 0 Å². The fourth-order valence-electron chi connectivity index (χ4n) is 2.07. The van der Waals surface area contributed by atoms with Gasteiger partial charge in [0.25, 0.3) is 0 Å². The maximum Gasteiger partial charge on any atom is 0.204 e. The molecule has 0 N–H and O–H groups in total. The summed E-state index contributed by atoms with van der Waals surface area (Å²) >= 11 is 7.06. The van der Waals surface area contributed by atoms with Crippen molar-refractivity contribution in [1.29, 1.82) is 0 Å². The van der Waals surface area contributed by atoms with Gasteiger partial charge in [-0.2, -0.15) is 0 Å². The second kappa shape index (κ2) is 5.26. The monoisotopic (exact) mass is 304 g/mol. The van der Waals surface area contributed by atoms with Crippen LogP contribution >= 0.6 is 23.6 Å². The number of hydrogen-bond acceptors (Lipinski definition) is 5. The molecule has 0 unspecified atom stereocenters. The van der Waals surface area contributed by atoms with Crippen molar-refractivity contribution in [2.45, 2.75) is 0 Å². The molecule has 1 aromatic carbocycles. The van der Waals surface area contributed by atoms with Gasteiger partial charge in [0.1, 0.15) is 5.76 Å². The van der Waals surface area contributed by atoms with E-state index in [0.717, 1.165) is 20.5 Å². The molecule has 0 aliphatic heterocycles. The Morgan fingerprint density at radius 3 is 2.65 bits per heavy atom. The van der Waals surface area contributed by atoms with Crippen LogP contribution in [0.3, 0.4) is 0 Å². The van der Waals surface area contributed by atoms with Gasteiger partial charge in [0.05, 0.1) is 23.6 Å². The fraction of sp³-hybridized carbons (Fsp3) is 0.133. The summed E-state index contributed by atoms with van der Waals surface area (Å²) in [6.45, 7) is 0. The molecule has 2 heterocycles. The van der Waals surface area contributed by atoms with Gasteiger partial charge in [-0.15, -0.1) is 11.3 Å². The van der Waals surface area contributed by atoms with Gasteiger partial charge in [0, 0.05) is 11.5 Å². The molecule has 3 aromatic rings. The lowest BCUT2D eigenvalue weighted by atomic mass is 10.2. The molecule has 3 nitrogen and oxygen atoms in total. The van der Waals surface area contributed by atoms with Crippen molar-refractivity contribution in [1.82, 2.24) is 0 Å². The number of rotatable bonds is 3. The number of hydrogen-bond donors (Lipinski definition) is 0. The van der Waals surface area contributed by atoms with E-state index in [-0.39, 0.29) is 0 Å². The molecule has 0 spiro atoms. The molecule has 0 saturated heterocycles. The van der Waals surface area contributed by atoms with Gasteiger partial charge in [0.2, 0.25) is 5.75 Å². The summed E-state index contributed by atoms with van der Waals surface area (Å²) in [5.74, 6) is 1.93. The minimum Gasteiger partial charge on any atom is -0.493 e. The van der Waals surface area contributed by atoms with Gasteiger partial charge in [0.15, 0.2) is 11.3 Å². The first-order valence-electron chi connectivity index (χ1n) is 5.97. The molecule has 5 heteroatoms. The Balaban J connectivity index is 2.36. The summed E-state index contributed by atoms with van der Waals surface area (Å²) < 4.78 is 17.4. The third-order valence-electron chi connectivity index (χ3n) is 3.00. The van der Waals surface area contributed by atoms with Crippen molar-refractivity contribution >= 4 is 34.5 Å². The molecular formula is C15H12O3S2. The zero-order valence-electron chi connectivity index (χ0n) is 11.0. The smallest absolute Gasteiger partial charge is 0.204 e. The van der Waals surface area contributed by atoms with Crippen molar-refractivity contribution < 1.29 is 13.9 Å². The first kappa shape index (κ1) is 13.1. The lowest BCUT2D eigenvalue weighted by Gasteiger charge is -2.10. The lowest BCUT2D eigenvalue weighted by Crippen LogP contribution is -1.92. The molecule has 0 fully saturated rings. The Kier molecular flexibility index (Phi) is 3.46. The largest absolute Gasteiger partial charge is 0.493 e. The summed E-state index contributed by atoms with van der Waals surface area (Å²) in [4.78, 5) is 1.03. The van der Waals surface area contributed by atoms with Gasteiger partial charge >= 0.3 is 0 Å². The molecule has 2 aromatic heterocycles. The van der Waals surface area contributed by atoms with Crippen molar-refractivity contribution in [3.05, 3.63) is 40.2 Å². The van der Waals surface area contributed by atoms with Gasteiger partial charge < -0.3 is 13.9 Å². The van der Waals surface area contributed by atoms with Gasteiger partial charge in [-0.25, -0.2) is 0 Å². The van der Waals surface area contributed by atoms with E-state index in [1.54, 1.807) is 25.6 Å². The Labute approximate surface area is 125 Å². The molecule has 0 radical (unpaired) electrons. The first-order valence-corrected chi connectivity index (χ1v) is 7.26. The Hall–Kier alpha value is -1.85. The van der Waals surface area contributed by atoms with Gasteiger partial charge in [-0.1, -0.05) is 18.3 Å². The van der Waals surface area contributed by atoms with Crippen LogP contribution in [-0.4, -0.2) is 14.2 Å². The quantitative estimate of drug-likeness (QED) is 0.644. The molecular weight excluding hydrogens is 292 g/mol. The van der Waals surface area contributed by atoms with Crippen LogP contribution in [0.2, 0.25) is 0 Å². The summed E-state index contributed by atoms with van der Waals surface area (Å²) in [6, 6.07) is 9.57. The highest BCUT2D eigenvalue weighted by Crippen LogP contribution is 2.38. The normalized spacial score (nSPS) is 10.7. The van der Waals surface area contributed by atoms with Crippen LogP contribution in [0, 0.1) is 4.51 Å². The molecule has 20 heavy (non-hydrogen) atoms. The first-order chi connectivity index (χ1) is 9.74. The number of ether oxygens (including phenoxy) is 2. The van der Waals surface area contributed by atoms with Crippen LogP contribution < -0.4 is 9.47 Å². The van der Waals surface area contributed by atoms with Crippen LogP contribution in [0.5, 0.6) is 11.5 Å². The summed E-state index contributed by atoms with van der Waals surface area (Å²) in [5, 5.41) is 2.85. The zero-order valence-corrected chi connectivity index (χ0v) is 12.6. The Morgan fingerprint density at radius 1 is 1.15 bits per heavy atom. The van der Waals surface area contributed by atoms with Crippen LogP contribution in [-0.2, 0) is 0 Å². The van der Waals surface area contributed by atoms with E-state index in [0.29, 0.717) is 17.1 Å². The minimum atomic E-state index is 0.564. The van der Waals surface area contributed by atoms with Crippen molar-refractivity contribution in [2.24, 2.45) is 0 Å². The molecule has 0 atom stereocenters. The van der Waals surface area contributed by atoms with E-state index >= 15 is 0 Å². The number of benzene rings is 1. The molecule has 0 aliphatic carbocycles. The van der Waals surface area contributed by atoms with Crippen LogP contribution in [0.1, 0.15) is 0 Å². The highest BCUT2D eigenvalue weighted by atomic mass is 32.1. The van der Waals surface area contributed by atoms with Crippen molar-refractivity contribution in [2.75, 3.05) is 14.2 Å². The second-order valence-corrected chi connectivity index (χ2v) is 5.52. The fourth-order valence-corrected chi connectivity index (χ4v) is 3.02. The number of methoxy groups -OCH3 is 2. The standard InChI is InChI=1S/C15H12O3S2/c1-16-10-6-5-9-12(19)8-11(13-4-3-7-20-13)18-14(9)15(10)17-2/h3-8H,1-2H3. The van der Waals surface area contributed by atoms with Crippen LogP contribution in [0.15, 0.2) is 40.1 Å². The predicted octanol–water partition coefficient (Wildman–Crippen LogP) is 4.91. The minimum absolute atomic E-state index is 0.564. The average Bonchev–Trinajstić information content (AvgIpc) is 3.00. The SMILES string of the molecule is COc1ccc2c(=S)cc(-c3cccs3)oc2c1OC. The lowest BCUT2D eigenvalue weighted by molar-refractivity contribution is 0.353. The highest BCUT2D eigenvalue weighted by Gasteiger charge is 2.14. The maximum atomic E-state index is 5.99. The van der Waals surface area contributed by atoms with E-state index in [1.807, 2.05) is 35.7 Å². The van der Waals surface area contributed by atoms with Crippen LogP contribution in [0.25, 0.3) is 21.6 Å². The topological polar surface area (TPSA) is 31.6 Å². The molecule has 3 rings (SSSR count). The van der Waals surface area contributed by atoms with E-state index in [2.05, 4.69) is 0 Å². The molecule has 102 valence electrons. The Morgan fingerprint density at radius 2 is 2.00 bits per heavy atom. The highest BCUT2D eigenvalue weighted by molar-refractivity contribution is 7.71. The van der Waals surface area contributed by atoms with Crippen LogP contribution in [0.4, 0.5) is 0 Å². The Bertz CT molecular complexity index is 804. The molecule has 0 amide bonds. The maximum absolute atomic E-state index is 5.99.